The van der Waals surface area contributed by atoms with Crippen molar-refractivity contribution in [3.63, 3.8) is 0 Å². The number of aromatic nitrogens is 2. The SMILES string of the molecule is COc1ccc(C(C)(C)c2cnc(SCCOc3cc(C)ccc3Cl)n2-c2ccc(F)cc2)cc1OC. The summed E-state index contributed by atoms with van der Waals surface area (Å²) in [5, 5.41) is 1.37. The highest BCUT2D eigenvalue weighted by atomic mass is 35.5. The Labute approximate surface area is 226 Å². The highest BCUT2D eigenvalue weighted by Crippen LogP contribution is 2.39. The number of ether oxygens (including phenoxy) is 3. The quantitative estimate of drug-likeness (QED) is 0.154. The molecule has 0 spiro atoms. The highest BCUT2D eigenvalue weighted by molar-refractivity contribution is 7.99. The Hall–Kier alpha value is -3.16. The molecule has 1 heterocycles. The molecular formula is C29H30ClFN2O3S. The summed E-state index contributed by atoms with van der Waals surface area (Å²) < 4.78 is 32.7. The van der Waals surface area contributed by atoms with E-state index in [2.05, 4.69) is 18.4 Å². The minimum absolute atomic E-state index is 0.290. The molecule has 0 amide bonds. The average Bonchev–Trinajstić information content (AvgIpc) is 3.33. The average molecular weight is 541 g/mol. The lowest BCUT2D eigenvalue weighted by Crippen LogP contribution is -2.23. The number of benzene rings is 3. The van der Waals surface area contributed by atoms with Crippen LogP contribution >= 0.6 is 23.4 Å². The molecule has 37 heavy (non-hydrogen) atoms. The molecule has 0 aliphatic carbocycles. The Morgan fingerprint density at radius 2 is 1.68 bits per heavy atom. The van der Waals surface area contributed by atoms with Crippen LogP contribution in [0.1, 0.15) is 30.7 Å². The predicted octanol–water partition coefficient (Wildman–Crippen LogP) is 7.49. The molecule has 0 atom stereocenters. The number of aryl methyl sites for hydroxylation is 1. The lowest BCUT2D eigenvalue weighted by molar-refractivity contribution is 0.344. The number of hydrogen-bond donors (Lipinski definition) is 0. The van der Waals surface area contributed by atoms with Crippen molar-refractivity contribution in [2.45, 2.75) is 31.3 Å². The third-order valence-corrected chi connectivity index (χ3v) is 7.45. The zero-order valence-electron chi connectivity index (χ0n) is 21.5. The number of imidazole rings is 1. The number of halogens is 2. The van der Waals surface area contributed by atoms with Crippen LogP contribution in [0.4, 0.5) is 4.39 Å². The normalized spacial score (nSPS) is 11.4. The maximum absolute atomic E-state index is 13.8. The fourth-order valence-electron chi connectivity index (χ4n) is 4.10. The Morgan fingerprint density at radius 3 is 2.38 bits per heavy atom. The van der Waals surface area contributed by atoms with E-state index in [1.165, 1.54) is 12.1 Å². The molecule has 0 fully saturated rings. The van der Waals surface area contributed by atoms with E-state index in [1.54, 1.807) is 38.1 Å². The van der Waals surface area contributed by atoms with Crippen LogP contribution in [0.15, 0.2) is 72.0 Å². The minimum atomic E-state index is -0.453. The number of methoxy groups -OCH3 is 2. The standard InChI is InChI=1S/C29H30ClFN2O3S/c1-19-6-12-23(30)25(16-19)36-14-15-37-28-32-18-27(33(28)22-10-8-21(31)9-11-22)29(2,3)20-7-13-24(34-4)26(17-20)35-5/h6-13,16-18H,14-15H2,1-5H3. The summed E-state index contributed by atoms with van der Waals surface area (Å²) in [6, 6.07) is 18.1. The van der Waals surface area contributed by atoms with Gasteiger partial charge >= 0.3 is 0 Å². The van der Waals surface area contributed by atoms with E-state index in [0.29, 0.717) is 34.6 Å². The number of hydrogen-bond acceptors (Lipinski definition) is 5. The van der Waals surface area contributed by atoms with Crippen molar-refractivity contribution < 1.29 is 18.6 Å². The second-order valence-electron chi connectivity index (χ2n) is 9.06. The Balaban J connectivity index is 1.64. The molecule has 0 aliphatic heterocycles. The van der Waals surface area contributed by atoms with Crippen molar-refractivity contribution >= 4 is 23.4 Å². The summed E-state index contributed by atoms with van der Waals surface area (Å²) >= 11 is 7.83. The van der Waals surface area contributed by atoms with Crippen LogP contribution in [0.25, 0.3) is 5.69 Å². The third-order valence-electron chi connectivity index (χ3n) is 6.22. The second kappa shape index (κ2) is 11.5. The first-order chi connectivity index (χ1) is 17.7. The lowest BCUT2D eigenvalue weighted by Gasteiger charge is -2.28. The number of thioether (sulfide) groups is 1. The van der Waals surface area contributed by atoms with Crippen molar-refractivity contribution in [3.05, 3.63) is 94.5 Å². The van der Waals surface area contributed by atoms with Gasteiger partial charge in [-0.05, 0) is 66.6 Å². The Kier molecular flexibility index (Phi) is 8.35. The van der Waals surface area contributed by atoms with Gasteiger partial charge in [-0.15, -0.1) is 0 Å². The summed E-state index contributed by atoms with van der Waals surface area (Å²) in [6.07, 6.45) is 1.88. The Morgan fingerprint density at radius 1 is 0.946 bits per heavy atom. The van der Waals surface area contributed by atoms with E-state index in [1.807, 2.05) is 49.5 Å². The van der Waals surface area contributed by atoms with Crippen molar-refractivity contribution in [1.82, 2.24) is 9.55 Å². The Bertz CT molecular complexity index is 1370. The highest BCUT2D eigenvalue weighted by Gasteiger charge is 2.30. The minimum Gasteiger partial charge on any atom is -0.493 e. The number of nitrogens with zero attached hydrogens (tertiary/aromatic N) is 2. The molecule has 5 nitrogen and oxygen atoms in total. The molecule has 0 radical (unpaired) electrons. The third kappa shape index (κ3) is 5.89. The van der Waals surface area contributed by atoms with Crippen LogP contribution in [0.3, 0.4) is 0 Å². The summed E-state index contributed by atoms with van der Waals surface area (Å²) in [7, 11) is 3.24. The van der Waals surface area contributed by atoms with Gasteiger partial charge in [0.1, 0.15) is 11.6 Å². The van der Waals surface area contributed by atoms with Gasteiger partial charge in [-0.2, -0.15) is 0 Å². The summed E-state index contributed by atoms with van der Waals surface area (Å²) in [4.78, 5) is 4.75. The molecule has 0 saturated heterocycles. The van der Waals surface area contributed by atoms with Gasteiger partial charge in [-0.25, -0.2) is 9.37 Å². The second-order valence-corrected chi connectivity index (χ2v) is 10.5. The largest absolute Gasteiger partial charge is 0.493 e. The van der Waals surface area contributed by atoms with Crippen molar-refractivity contribution in [2.24, 2.45) is 0 Å². The summed E-state index contributed by atoms with van der Waals surface area (Å²) in [5.41, 5.74) is 3.44. The van der Waals surface area contributed by atoms with E-state index < -0.39 is 5.41 Å². The van der Waals surface area contributed by atoms with E-state index in [9.17, 15) is 4.39 Å². The van der Waals surface area contributed by atoms with Gasteiger partial charge in [0.15, 0.2) is 16.7 Å². The molecular weight excluding hydrogens is 511 g/mol. The van der Waals surface area contributed by atoms with Crippen LogP contribution in [-0.2, 0) is 5.41 Å². The van der Waals surface area contributed by atoms with Gasteiger partial charge in [-0.1, -0.05) is 49.3 Å². The first-order valence-corrected chi connectivity index (χ1v) is 13.2. The lowest BCUT2D eigenvalue weighted by atomic mass is 9.81. The summed E-state index contributed by atoms with van der Waals surface area (Å²) in [5.74, 6) is 2.35. The van der Waals surface area contributed by atoms with Crippen LogP contribution in [0.2, 0.25) is 5.02 Å². The smallest absolute Gasteiger partial charge is 0.172 e. The molecule has 1 aromatic heterocycles. The van der Waals surface area contributed by atoms with Gasteiger partial charge in [0.2, 0.25) is 0 Å². The zero-order valence-corrected chi connectivity index (χ0v) is 23.1. The van der Waals surface area contributed by atoms with Gasteiger partial charge in [-0.3, -0.25) is 4.57 Å². The van der Waals surface area contributed by atoms with E-state index in [4.69, 9.17) is 30.8 Å². The first-order valence-electron chi connectivity index (χ1n) is 11.8. The molecule has 0 N–H and O–H groups in total. The van der Waals surface area contributed by atoms with Crippen LogP contribution < -0.4 is 14.2 Å². The molecule has 3 aromatic carbocycles. The van der Waals surface area contributed by atoms with Gasteiger partial charge in [0, 0.05) is 16.9 Å². The van der Waals surface area contributed by atoms with Gasteiger partial charge in [0.05, 0.1) is 37.7 Å². The van der Waals surface area contributed by atoms with E-state index in [0.717, 1.165) is 27.7 Å². The van der Waals surface area contributed by atoms with Crippen molar-refractivity contribution in [3.8, 4) is 22.9 Å². The predicted molar refractivity (Wildman–Crippen MR) is 148 cm³/mol. The van der Waals surface area contributed by atoms with Gasteiger partial charge < -0.3 is 14.2 Å². The fraction of sp³-hybridized carbons (Fsp3) is 0.276. The van der Waals surface area contributed by atoms with Gasteiger partial charge in [0.25, 0.3) is 0 Å². The zero-order chi connectivity index (χ0) is 26.6. The molecule has 0 bridgehead atoms. The maximum atomic E-state index is 13.8. The van der Waals surface area contributed by atoms with Crippen LogP contribution in [0.5, 0.6) is 17.2 Å². The van der Waals surface area contributed by atoms with Crippen LogP contribution in [-0.4, -0.2) is 36.1 Å². The molecule has 0 saturated carbocycles. The molecule has 4 rings (SSSR count). The monoisotopic (exact) mass is 540 g/mol. The van der Waals surface area contributed by atoms with Crippen molar-refractivity contribution in [2.75, 3.05) is 26.6 Å². The van der Waals surface area contributed by atoms with E-state index in [-0.39, 0.29) is 5.82 Å². The van der Waals surface area contributed by atoms with Crippen LogP contribution in [0, 0.1) is 12.7 Å². The molecule has 194 valence electrons. The molecule has 0 aliphatic rings. The maximum Gasteiger partial charge on any atom is 0.172 e. The van der Waals surface area contributed by atoms with E-state index >= 15 is 0 Å². The number of rotatable bonds is 10. The molecule has 8 heteroatoms. The summed E-state index contributed by atoms with van der Waals surface area (Å²) in [6.45, 7) is 6.71. The molecule has 0 unspecified atom stereocenters. The fourth-order valence-corrected chi connectivity index (χ4v) is 5.08. The van der Waals surface area contributed by atoms with Crippen molar-refractivity contribution in [1.29, 1.82) is 0 Å². The topological polar surface area (TPSA) is 45.5 Å². The first kappa shape index (κ1) is 26.9. The molecule has 4 aromatic rings.